The summed E-state index contributed by atoms with van der Waals surface area (Å²) < 4.78 is 4.92. The molecule has 6 nitrogen and oxygen atoms in total. The molecule has 1 aromatic rings. The zero-order valence-electron chi connectivity index (χ0n) is 12.0. The van der Waals surface area contributed by atoms with Gasteiger partial charge in [0.15, 0.2) is 5.12 Å². The summed E-state index contributed by atoms with van der Waals surface area (Å²) in [5.74, 6) is -0.480. The molecular weight excluding hydrogens is 330 g/mol. The molecule has 0 fully saturated rings. The molecule has 0 bridgehead atoms. The smallest absolute Gasteiger partial charge is 0.334 e. The molecule has 0 heterocycles. The fourth-order valence-corrected chi connectivity index (χ4v) is 2.24. The van der Waals surface area contributed by atoms with Crippen molar-refractivity contribution in [1.82, 2.24) is 0 Å². The predicted octanol–water partition coefficient (Wildman–Crippen LogP) is 3.47. The summed E-state index contributed by atoms with van der Waals surface area (Å²) >= 11 is 6.94. The van der Waals surface area contributed by atoms with Crippen LogP contribution in [0.25, 0.3) is 6.08 Å². The van der Waals surface area contributed by atoms with Crippen molar-refractivity contribution in [2.24, 2.45) is 0 Å². The molecule has 0 saturated heterocycles. The van der Waals surface area contributed by atoms with Gasteiger partial charge in [0.1, 0.15) is 0 Å². The maximum atomic E-state index is 11.9. The molecule has 0 spiro atoms. The van der Waals surface area contributed by atoms with Crippen molar-refractivity contribution < 1.29 is 19.2 Å². The van der Waals surface area contributed by atoms with Crippen LogP contribution >= 0.6 is 23.4 Å². The Morgan fingerprint density at radius 3 is 2.68 bits per heavy atom. The molecule has 1 rings (SSSR count). The van der Waals surface area contributed by atoms with Crippen LogP contribution in [0.15, 0.2) is 23.8 Å². The SMILES string of the molecule is CCOC(=O)/C(=C/c1cc([N+](=O)[O-])ccc1Cl)CSC(C)=O. The molecule has 0 aromatic heterocycles. The molecule has 118 valence electrons. The van der Waals surface area contributed by atoms with Gasteiger partial charge in [0.05, 0.1) is 11.5 Å². The lowest BCUT2D eigenvalue weighted by molar-refractivity contribution is -0.384. The van der Waals surface area contributed by atoms with Gasteiger partial charge in [-0.15, -0.1) is 0 Å². The van der Waals surface area contributed by atoms with E-state index < -0.39 is 10.9 Å². The number of nitro groups is 1. The van der Waals surface area contributed by atoms with E-state index in [1.165, 1.54) is 31.2 Å². The Kier molecular flexibility index (Phi) is 7.07. The minimum absolute atomic E-state index is 0.104. The van der Waals surface area contributed by atoms with Gasteiger partial charge in [0, 0.05) is 41.0 Å². The molecule has 0 radical (unpaired) electrons. The average Bonchev–Trinajstić information content (AvgIpc) is 2.44. The fourth-order valence-electron chi connectivity index (χ4n) is 1.51. The van der Waals surface area contributed by atoms with E-state index in [0.29, 0.717) is 5.56 Å². The van der Waals surface area contributed by atoms with Gasteiger partial charge in [-0.3, -0.25) is 14.9 Å². The van der Waals surface area contributed by atoms with Crippen molar-refractivity contribution in [2.45, 2.75) is 13.8 Å². The van der Waals surface area contributed by atoms with Crippen molar-refractivity contribution in [1.29, 1.82) is 0 Å². The highest BCUT2D eigenvalue weighted by atomic mass is 35.5. The van der Waals surface area contributed by atoms with Crippen molar-refractivity contribution in [2.75, 3.05) is 12.4 Å². The number of benzene rings is 1. The summed E-state index contributed by atoms with van der Waals surface area (Å²) in [5.41, 5.74) is 0.394. The predicted molar refractivity (Wildman–Crippen MR) is 85.9 cm³/mol. The zero-order chi connectivity index (χ0) is 16.7. The molecule has 0 unspecified atom stereocenters. The highest BCUT2D eigenvalue weighted by Gasteiger charge is 2.15. The maximum Gasteiger partial charge on any atom is 0.334 e. The van der Waals surface area contributed by atoms with Crippen LogP contribution in [0, 0.1) is 10.1 Å². The molecule has 22 heavy (non-hydrogen) atoms. The number of hydrogen-bond acceptors (Lipinski definition) is 6. The lowest BCUT2D eigenvalue weighted by atomic mass is 10.1. The molecule has 1 aromatic carbocycles. The summed E-state index contributed by atoms with van der Waals surface area (Å²) in [5, 5.41) is 10.9. The molecule has 0 aliphatic rings. The molecule has 0 aliphatic heterocycles. The third-order valence-electron chi connectivity index (χ3n) is 2.49. The number of nitro benzene ring substituents is 1. The van der Waals surface area contributed by atoms with Crippen LogP contribution in [-0.4, -0.2) is 28.4 Å². The number of rotatable bonds is 6. The first kappa shape index (κ1) is 18.2. The Hall–Kier alpha value is -1.86. The zero-order valence-corrected chi connectivity index (χ0v) is 13.6. The van der Waals surface area contributed by atoms with Gasteiger partial charge in [0.25, 0.3) is 5.69 Å². The summed E-state index contributed by atoms with van der Waals surface area (Å²) in [7, 11) is 0. The van der Waals surface area contributed by atoms with Crippen LogP contribution in [0.3, 0.4) is 0 Å². The van der Waals surface area contributed by atoms with Crippen molar-refractivity contribution in [3.63, 3.8) is 0 Å². The van der Waals surface area contributed by atoms with Crippen molar-refractivity contribution in [3.8, 4) is 0 Å². The van der Waals surface area contributed by atoms with Crippen LogP contribution in [0.1, 0.15) is 19.4 Å². The molecule has 0 atom stereocenters. The fraction of sp³-hybridized carbons (Fsp3) is 0.286. The quantitative estimate of drug-likeness (QED) is 0.340. The number of hydrogen-bond donors (Lipinski definition) is 0. The minimum Gasteiger partial charge on any atom is -0.463 e. The number of ether oxygens (including phenoxy) is 1. The number of nitrogens with zero attached hydrogens (tertiary/aromatic N) is 1. The summed E-state index contributed by atoms with van der Waals surface area (Å²) in [6.07, 6.45) is 1.41. The Labute approximate surface area is 136 Å². The maximum absolute atomic E-state index is 11.9. The van der Waals surface area contributed by atoms with Crippen molar-refractivity contribution in [3.05, 3.63) is 44.5 Å². The number of halogens is 1. The average molecular weight is 344 g/mol. The number of carbonyl (C=O) groups is 2. The second-order valence-corrected chi connectivity index (χ2v) is 5.69. The van der Waals surface area contributed by atoms with Crippen molar-refractivity contribution >= 4 is 46.2 Å². The summed E-state index contributed by atoms with van der Waals surface area (Å²) in [6, 6.07) is 3.92. The molecular formula is C14H14ClNO5S. The Morgan fingerprint density at radius 1 is 1.45 bits per heavy atom. The lowest BCUT2D eigenvalue weighted by Crippen LogP contribution is -2.10. The number of carbonyl (C=O) groups excluding carboxylic acids is 2. The first-order valence-corrected chi connectivity index (χ1v) is 7.66. The molecule has 0 aliphatic carbocycles. The molecule has 0 saturated carbocycles. The van der Waals surface area contributed by atoms with Gasteiger partial charge in [-0.05, 0) is 19.1 Å². The van der Waals surface area contributed by atoms with Crippen LogP contribution in [0.4, 0.5) is 5.69 Å². The van der Waals surface area contributed by atoms with E-state index in [4.69, 9.17) is 16.3 Å². The van der Waals surface area contributed by atoms with E-state index in [1.807, 2.05) is 0 Å². The summed E-state index contributed by atoms with van der Waals surface area (Å²) in [6.45, 7) is 3.23. The highest BCUT2D eigenvalue weighted by molar-refractivity contribution is 8.13. The topological polar surface area (TPSA) is 86.5 Å². The van der Waals surface area contributed by atoms with Gasteiger partial charge in [-0.2, -0.15) is 0 Å². The number of thioether (sulfide) groups is 1. The van der Waals surface area contributed by atoms with Gasteiger partial charge in [-0.1, -0.05) is 23.4 Å². The van der Waals surface area contributed by atoms with E-state index in [9.17, 15) is 19.7 Å². The standard InChI is InChI=1S/C14H14ClNO5S/c1-3-21-14(18)11(8-22-9(2)17)6-10-7-12(16(19)20)4-5-13(10)15/h4-7H,3,8H2,1-2H3/b11-6+. The van der Waals surface area contributed by atoms with E-state index in [-0.39, 0.29) is 33.8 Å². The normalized spacial score (nSPS) is 11.1. The summed E-state index contributed by atoms with van der Waals surface area (Å²) in [4.78, 5) is 33.2. The second-order valence-electron chi connectivity index (χ2n) is 4.13. The molecule has 8 heteroatoms. The molecule has 0 N–H and O–H groups in total. The second kappa shape index (κ2) is 8.55. The van der Waals surface area contributed by atoms with E-state index in [1.54, 1.807) is 6.92 Å². The van der Waals surface area contributed by atoms with Crippen LogP contribution in [0.5, 0.6) is 0 Å². The monoisotopic (exact) mass is 343 g/mol. The first-order chi connectivity index (χ1) is 10.3. The van der Waals surface area contributed by atoms with Gasteiger partial charge in [0.2, 0.25) is 0 Å². The Morgan fingerprint density at radius 2 is 2.14 bits per heavy atom. The number of non-ortho nitro benzene ring substituents is 1. The van der Waals surface area contributed by atoms with Crippen LogP contribution < -0.4 is 0 Å². The van der Waals surface area contributed by atoms with Crippen LogP contribution in [0.2, 0.25) is 5.02 Å². The van der Waals surface area contributed by atoms with Gasteiger partial charge < -0.3 is 4.74 Å². The number of esters is 1. The van der Waals surface area contributed by atoms with Gasteiger partial charge in [-0.25, -0.2) is 4.79 Å². The van der Waals surface area contributed by atoms with Gasteiger partial charge >= 0.3 is 5.97 Å². The Bertz CT molecular complexity index is 630. The molecule has 0 amide bonds. The largest absolute Gasteiger partial charge is 0.463 e. The lowest BCUT2D eigenvalue weighted by Gasteiger charge is -2.07. The van der Waals surface area contributed by atoms with E-state index >= 15 is 0 Å². The van der Waals surface area contributed by atoms with E-state index in [2.05, 4.69) is 0 Å². The minimum atomic E-state index is -0.584. The third kappa shape index (κ3) is 5.50. The van der Waals surface area contributed by atoms with E-state index in [0.717, 1.165) is 11.8 Å². The van der Waals surface area contributed by atoms with Crippen LogP contribution in [-0.2, 0) is 14.3 Å². The highest BCUT2D eigenvalue weighted by Crippen LogP contribution is 2.25. The third-order valence-corrected chi connectivity index (χ3v) is 3.69. The Balaban J connectivity index is 3.19. The first-order valence-electron chi connectivity index (χ1n) is 6.30.